The van der Waals surface area contributed by atoms with Crippen LogP contribution >= 0.6 is 21.6 Å². The summed E-state index contributed by atoms with van der Waals surface area (Å²) >= 11 is 0. The van der Waals surface area contributed by atoms with Crippen molar-refractivity contribution in [2.24, 2.45) is 5.41 Å². The lowest BCUT2D eigenvalue weighted by Crippen LogP contribution is -2.47. The SMILES string of the molecule is CC.CC.CC/C=C\C/C=C\C/C=C\C/C=C\C/C=C\CCCC(=O)NCCSSCCNC(=O)CCNC(=O)[C@H](OC)C(C)(C)COC.CCCCCCCC. The van der Waals surface area contributed by atoms with Crippen molar-refractivity contribution in [1.82, 2.24) is 16.0 Å². The molecule has 0 aliphatic heterocycles. The van der Waals surface area contributed by atoms with Gasteiger partial charge in [-0.05, 0) is 44.9 Å². The molecule has 3 amide bonds. The first-order chi connectivity index (χ1) is 27.7. The average molecular weight is 840 g/mol. The smallest absolute Gasteiger partial charge is 0.249 e. The van der Waals surface area contributed by atoms with E-state index in [-0.39, 0.29) is 30.7 Å². The molecule has 0 heterocycles. The molecule has 3 N–H and O–H groups in total. The number of nitrogens with one attached hydrogen (secondary N) is 3. The first kappa shape index (κ1) is 61.4. The molecule has 0 aromatic rings. The third kappa shape index (κ3) is 48.0. The van der Waals surface area contributed by atoms with E-state index in [1.165, 1.54) is 45.6 Å². The predicted molar refractivity (Wildman–Crippen MR) is 255 cm³/mol. The van der Waals surface area contributed by atoms with E-state index in [9.17, 15) is 14.4 Å². The molecule has 0 saturated carbocycles. The monoisotopic (exact) mass is 840 g/mol. The van der Waals surface area contributed by atoms with Gasteiger partial charge in [0.05, 0.1) is 6.61 Å². The molecule has 334 valence electrons. The van der Waals surface area contributed by atoms with Crippen molar-refractivity contribution in [2.75, 3.05) is 52.0 Å². The molecule has 0 aliphatic carbocycles. The average Bonchev–Trinajstić information content (AvgIpc) is 3.20. The summed E-state index contributed by atoms with van der Waals surface area (Å²) < 4.78 is 10.5. The Balaban J connectivity index is -0.00000102. The molecule has 0 aliphatic rings. The molecule has 0 radical (unpaired) electrons. The van der Waals surface area contributed by atoms with E-state index in [1.807, 2.05) is 41.5 Å². The highest BCUT2D eigenvalue weighted by atomic mass is 33.1. The second-order valence-corrected chi connectivity index (χ2v) is 16.1. The molecule has 0 aromatic heterocycles. The van der Waals surface area contributed by atoms with E-state index in [4.69, 9.17) is 9.47 Å². The molecular weight excluding hydrogens is 751 g/mol. The number of hydrogen-bond acceptors (Lipinski definition) is 7. The first-order valence-corrected chi connectivity index (χ1v) is 24.5. The zero-order chi connectivity index (χ0) is 43.7. The van der Waals surface area contributed by atoms with Crippen molar-refractivity contribution in [3.63, 3.8) is 0 Å². The van der Waals surface area contributed by atoms with E-state index in [0.29, 0.717) is 26.1 Å². The normalized spacial score (nSPS) is 11.9. The second-order valence-electron chi connectivity index (χ2n) is 13.4. The molecule has 0 fully saturated rings. The van der Waals surface area contributed by atoms with Crippen LogP contribution in [-0.4, -0.2) is 75.8 Å². The van der Waals surface area contributed by atoms with Gasteiger partial charge in [-0.3, -0.25) is 14.4 Å². The van der Waals surface area contributed by atoms with Crippen LogP contribution in [0.15, 0.2) is 60.8 Å². The standard InChI is InChI=1S/C35H59N3O5S2.C8H18.2C2H6/c1-6-7-8-9-10-11-12-13-14-15-16-17-18-19-20-21-22-23-31(39)36-26-28-44-45-29-27-37-32(40)24-25-38-34(41)33(43-5)35(2,3)30-42-4;1-3-5-7-8-6-4-2;2*1-2/h7-8,10-11,13-14,16-17,19-20,33H,6,9,12,15,18,21-30H2,1-5H3,(H,36,39)(H,37,40)(H,38,41);3-8H2,1-2H3;2*1-2H3/b8-7-,11-10-,14-13-,17-16-,20-19-;;;/t33-;;;/m0.../s1. The largest absolute Gasteiger partial charge is 0.384 e. The molecule has 0 spiro atoms. The fourth-order valence-electron chi connectivity index (χ4n) is 4.98. The van der Waals surface area contributed by atoms with Gasteiger partial charge in [0.25, 0.3) is 0 Å². The summed E-state index contributed by atoms with van der Waals surface area (Å²) in [5.74, 6) is 1.30. The lowest BCUT2D eigenvalue weighted by Gasteiger charge is -2.31. The predicted octanol–water partition coefficient (Wildman–Crippen LogP) is 12.1. The van der Waals surface area contributed by atoms with Crippen LogP contribution < -0.4 is 16.0 Å². The molecule has 8 nitrogen and oxygen atoms in total. The van der Waals surface area contributed by atoms with Crippen molar-refractivity contribution in [3.8, 4) is 0 Å². The number of amides is 3. The van der Waals surface area contributed by atoms with Crippen LogP contribution in [-0.2, 0) is 23.9 Å². The summed E-state index contributed by atoms with van der Waals surface area (Å²) in [6, 6.07) is 0. The van der Waals surface area contributed by atoms with Crippen LogP contribution in [0.1, 0.15) is 159 Å². The van der Waals surface area contributed by atoms with Crippen molar-refractivity contribution in [2.45, 2.75) is 165 Å². The minimum Gasteiger partial charge on any atom is -0.384 e. The second kappa shape index (κ2) is 51.7. The highest BCUT2D eigenvalue weighted by Crippen LogP contribution is 2.23. The molecular formula is C47H89N3O5S2. The molecule has 57 heavy (non-hydrogen) atoms. The highest BCUT2D eigenvalue weighted by molar-refractivity contribution is 8.76. The van der Waals surface area contributed by atoms with Crippen LogP contribution in [0.25, 0.3) is 0 Å². The Morgan fingerprint density at radius 1 is 0.579 bits per heavy atom. The Morgan fingerprint density at radius 3 is 1.44 bits per heavy atom. The Kier molecular flexibility index (Phi) is 55.7. The zero-order valence-electron chi connectivity index (χ0n) is 38.6. The molecule has 1 atom stereocenters. The minimum absolute atomic E-state index is 0.0892. The van der Waals surface area contributed by atoms with E-state index in [1.54, 1.807) is 28.7 Å². The van der Waals surface area contributed by atoms with Crippen molar-refractivity contribution >= 4 is 39.3 Å². The number of methoxy groups -OCH3 is 2. The summed E-state index contributed by atoms with van der Waals surface area (Å²) in [5, 5.41) is 8.60. The molecule has 0 saturated heterocycles. The molecule has 0 aromatic carbocycles. The quantitative estimate of drug-likeness (QED) is 0.0343. The van der Waals surface area contributed by atoms with E-state index in [2.05, 4.69) is 97.5 Å². The maximum atomic E-state index is 12.4. The van der Waals surface area contributed by atoms with Crippen LogP contribution in [0, 0.1) is 5.41 Å². The third-order valence-corrected chi connectivity index (χ3v) is 10.2. The van der Waals surface area contributed by atoms with Crippen molar-refractivity contribution in [1.29, 1.82) is 0 Å². The maximum Gasteiger partial charge on any atom is 0.249 e. The van der Waals surface area contributed by atoms with Crippen molar-refractivity contribution < 1.29 is 23.9 Å². The number of unbranched alkanes of at least 4 members (excludes halogenated alkanes) is 6. The lowest BCUT2D eigenvalue weighted by atomic mass is 9.86. The third-order valence-electron chi connectivity index (χ3n) is 7.84. The summed E-state index contributed by atoms with van der Waals surface area (Å²) in [5.41, 5.74) is -0.481. The summed E-state index contributed by atoms with van der Waals surface area (Å²) in [4.78, 5) is 36.5. The van der Waals surface area contributed by atoms with Crippen LogP contribution in [0.2, 0.25) is 0 Å². The number of hydrogen-bond donors (Lipinski definition) is 3. The molecule has 0 rings (SSSR count). The van der Waals surface area contributed by atoms with Crippen molar-refractivity contribution in [3.05, 3.63) is 60.8 Å². The molecule has 10 heteroatoms. The Morgan fingerprint density at radius 2 is 1.02 bits per heavy atom. The van der Waals surface area contributed by atoms with Crippen LogP contribution in [0.3, 0.4) is 0 Å². The van der Waals surface area contributed by atoms with E-state index in [0.717, 1.165) is 56.5 Å². The van der Waals surface area contributed by atoms with Gasteiger partial charge >= 0.3 is 0 Å². The fourth-order valence-corrected chi connectivity index (χ4v) is 6.80. The summed E-state index contributed by atoms with van der Waals surface area (Å²) in [6.07, 6.45) is 37.1. The first-order valence-electron chi connectivity index (χ1n) is 22.0. The maximum absolute atomic E-state index is 12.4. The van der Waals surface area contributed by atoms with Gasteiger partial charge in [-0.25, -0.2) is 0 Å². The van der Waals surface area contributed by atoms with Gasteiger partial charge in [0.15, 0.2) is 0 Å². The number of carbonyl (C=O) groups excluding carboxylic acids is 3. The highest BCUT2D eigenvalue weighted by Gasteiger charge is 2.35. The van der Waals surface area contributed by atoms with Gasteiger partial charge in [-0.2, -0.15) is 0 Å². The number of rotatable bonds is 33. The number of ether oxygens (including phenoxy) is 2. The van der Waals surface area contributed by atoms with E-state index < -0.39 is 11.5 Å². The Labute approximate surface area is 360 Å². The van der Waals surface area contributed by atoms with Crippen LogP contribution in [0.4, 0.5) is 0 Å². The van der Waals surface area contributed by atoms with E-state index >= 15 is 0 Å². The lowest BCUT2D eigenvalue weighted by molar-refractivity contribution is -0.140. The minimum atomic E-state index is -0.659. The van der Waals surface area contributed by atoms with Gasteiger partial charge < -0.3 is 25.4 Å². The number of allylic oxidation sites excluding steroid dienone is 10. The fraction of sp³-hybridized carbons (Fsp3) is 0.723. The summed E-state index contributed by atoms with van der Waals surface area (Å²) in [6.45, 7) is 20.3. The molecule has 0 bridgehead atoms. The number of carbonyl (C=O) groups is 3. The van der Waals surface area contributed by atoms with Crippen LogP contribution in [0.5, 0.6) is 0 Å². The Bertz CT molecular complexity index is 1020. The summed E-state index contributed by atoms with van der Waals surface area (Å²) in [7, 11) is 6.41. The van der Waals surface area contributed by atoms with Gasteiger partial charge in [-0.1, -0.05) is 183 Å². The topological polar surface area (TPSA) is 106 Å². The van der Waals surface area contributed by atoms with Gasteiger partial charge in [0.1, 0.15) is 6.10 Å². The van der Waals surface area contributed by atoms with Gasteiger partial charge in [-0.15, -0.1) is 0 Å². The molecule has 0 unspecified atom stereocenters. The van der Waals surface area contributed by atoms with Gasteiger partial charge in [0.2, 0.25) is 17.7 Å². The zero-order valence-corrected chi connectivity index (χ0v) is 40.2. The van der Waals surface area contributed by atoms with Gasteiger partial charge in [0, 0.05) is 63.6 Å². The Hall–Kier alpha value is -2.27.